The van der Waals surface area contributed by atoms with Gasteiger partial charge in [0.15, 0.2) is 0 Å². The highest BCUT2D eigenvalue weighted by molar-refractivity contribution is 7.39. The molecular weight excluding hydrogens is 527 g/mol. The largest absolute Gasteiger partial charge is 0.383 e. The maximum absolute atomic E-state index is 8.89. The summed E-state index contributed by atoms with van der Waals surface area (Å²) in [7, 11) is -2.28. The van der Waals surface area contributed by atoms with Crippen molar-refractivity contribution in [2.24, 2.45) is 17.8 Å². The van der Waals surface area contributed by atoms with Crippen LogP contribution in [0.25, 0.3) is 0 Å². The summed E-state index contributed by atoms with van der Waals surface area (Å²) in [5.74, 6) is 4.33. The molecule has 0 amide bonds. The summed E-state index contributed by atoms with van der Waals surface area (Å²) in [4.78, 5) is 31.5. The number of anilines is 3. The zero-order chi connectivity index (χ0) is 28.0. The van der Waals surface area contributed by atoms with Crippen LogP contribution in [0.5, 0.6) is 0 Å². The fraction of sp³-hybridized carbons (Fsp3) is 0.857. The molecule has 0 bridgehead atoms. The summed E-state index contributed by atoms with van der Waals surface area (Å²) >= 11 is 0. The number of aromatic nitrogens is 2. The van der Waals surface area contributed by atoms with Crippen LogP contribution in [0.1, 0.15) is 64.2 Å². The molecule has 0 radical (unpaired) electrons. The second-order valence-corrected chi connectivity index (χ2v) is 12.7. The van der Waals surface area contributed by atoms with Crippen LogP contribution in [-0.4, -0.2) is 96.7 Å². The Morgan fingerprint density at radius 3 is 2.12 bits per heavy atom. The minimum atomic E-state index is -2.28. The van der Waals surface area contributed by atoms with E-state index >= 15 is 0 Å². The molecule has 2 aliphatic carbocycles. The van der Waals surface area contributed by atoms with Crippen molar-refractivity contribution < 1.29 is 14.3 Å². The highest BCUT2D eigenvalue weighted by Crippen LogP contribution is 2.29. The van der Waals surface area contributed by atoms with Gasteiger partial charge >= 0.3 is 8.60 Å². The summed E-state index contributed by atoms with van der Waals surface area (Å²) in [6.45, 7) is 9.90. The van der Waals surface area contributed by atoms with Crippen molar-refractivity contribution in [1.82, 2.24) is 25.5 Å². The van der Waals surface area contributed by atoms with Crippen molar-refractivity contribution in [2.75, 3.05) is 88.0 Å². The van der Waals surface area contributed by atoms with Gasteiger partial charge in [-0.05, 0) is 88.9 Å². The molecule has 3 aliphatic rings. The predicted octanol–water partition coefficient (Wildman–Crippen LogP) is 2.78. The van der Waals surface area contributed by atoms with Crippen LogP contribution in [0.4, 0.5) is 17.6 Å². The highest BCUT2D eigenvalue weighted by Gasteiger charge is 2.22. The van der Waals surface area contributed by atoms with Gasteiger partial charge in [-0.1, -0.05) is 19.3 Å². The Morgan fingerprint density at radius 1 is 0.850 bits per heavy atom. The van der Waals surface area contributed by atoms with Gasteiger partial charge < -0.3 is 40.9 Å². The maximum atomic E-state index is 8.89. The molecule has 0 unspecified atom stereocenters. The first kappa shape index (κ1) is 31.6. The highest BCUT2D eigenvalue weighted by atomic mass is 31.2. The lowest BCUT2D eigenvalue weighted by Crippen LogP contribution is -2.47. The Hall–Kier alpha value is -1.33. The second kappa shape index (κ2) is 17.6. The minimum absolute atomic E-state index is 0.323. The minimum Gasteiger partial charge on any atom is -0.383 e. The van der Waals surface area contributed by atoms with Gasteiger partial charge in [0, 0.05) is 45.3 Å². The first-order chi connectivity index (χ1) is 19.5. The molecule has 1 saturated heterocycles. The van der Waals surface area contributed by atoms with Crippen LogP contribution in [0.2, 0.25) is 0 Å². The van der Waals surface area contributed by atoms with Crippen LogP contribution in [0, 0.1) is 17.8 Å². The van der Waals surface area contributed by atoms with Crippen LogP contribution < -0.4 is 26.6 Å². The molecule has 1 aromatic rings. The topological polar surface area (TPSA) is 144 Å². The van der Waals surface area contributed by atoms with Gasteiger partial charge in [0.05, 0.1) is 6.61 Å². The number of nitrogens with zero attached hydrogens (tertiary/aromatic N) is 4. The smallest absolute Gasteiger partial charge is 0.327 e. The second-order valence-electron chi connectivity index (χ2n) is 11.9. The van der Waals surface area contributed by atoms with E-state index in [-0.39, 0.29) is 0 Å². The van der Waals surface area contributed by atoms with Gasteiger partial charge in [-0.25, -0.2) is 0 Å². The van der Waals surface area contributed by atoms with Gasteiger partial charge in [-0.15, -0.1) is 0 Å². The number of nitrogens with two attached hydrogens (primary N) is 1. The van der Waals surface area contributed by atoms with E-state index < -0.39 is 8.60 Å². The molecular formula is C28H53N8O3P. The van der Waals surface area contributed by atoms with Crippen molar-refractivity contribution in [3.8, 4) is 0 Å². The van der Waals surface area contributed by atoms with E-state index in [0.29, 0.717) is 30.8 Å². The number of nitrogen functional groups attached to an aromatic ring is 1. The lowest BCUT2D eigenvalue weighted by molar-refractivity contribution is 0.184. The van der Waals surface area contributed by atoms with E-state index in [0.717, 1.165) is 70.0 Å². The zero-order valence-corrected chi connectivity index (χ0v) is 25.2. The van der Waals surface area contributed by atoms with Gasteiger partial charge in [-0.2, -0.15) is 9.97 Å². The van der Waals surface area contributed by atoms with Gasteiger partial charge in [0.25, 0.3) is 0 Å². The number of hydrogen-bond acceptors (Lipinski definition) is 11. The molecule has 0 aromatic carbocycles. The Labute approximate surface area is 242 Å². The molecule has 1 aliphatic heterocycles. The number of piperazine rings is 1. The predicted molar refractivity (Wildman–Crippen MR) is 163 cm³/mol. The van der Waals surface area contributed by atoms with E-state index in [2.05, 4.69) is 30.7 Å². The summed E-state index contributed by atoms with van der Waals surface area (Å²) < 4.78 is 4.89. The molecule has 4 rings (SSSR count). The van der Waals surface area contributed by atoms with Crippen LogP contribution in [0.3, 0.4) is 0 Å². The molecule has 11 nitrogen and oxygen atoms in total. The third-order valence-corrected chi connectivity index (χ3v) is 9.27. The lowest BCUT2D eigenvalue weighted by atomic mass is 9.82. The zero-order valence-electron chi connectivity index (χ0n) is 24.3. The summed E-state index contributed by atoms with van der Waals surface area (Å²) in [6.07, 6.45) is 13.4. The van der Waals surface area contributed by atoms with Crippen molar-refractivity contribution in [2.45, 2.75) is 64.2 Å². The van der Waals surface area contributed by atoms with E-state index in [9.17, 15) is 0 Å². The molecule has 228 valence electrons. The number of hydrogen-bond donors (Lipinski definition) is 6. The van der Waals surface area contributed by atoms with Crippen molar-refractivity contribution in [3.63, 3.8) is 0 Å². The molecule has 7 N–H and O–H groups in total. The molecule has 1 aromatic heterocycles. The number of rotatable bonds is 16. The van der Waals surface area contributed by atoms with Crippen LogP contribution in [0.15, 0.2) is 6.07 Å². The van der Waals surface area contributed by atoms with E-state index in [1.54, 1.807) is 0 Å². The average Bonchev–Trinajstić information content (AvgIpc) is 2.97. The third-order valence-electron chi connectivity index (χ3n) is 8.86. The quantitative estimate of drug-likeness (QED) is 0.127. The first-order valence-corrected chi connectivity index (χ1v) is 16.8. The standard InChI is InChI=1S/C28H53N8O3P/c29-26-19-27(36-15-13-35(14-16-36)17-18-39-40(37)38)34-28(33-26)32-22-25-9-7-24(8-10-25)21-31-12-4-11-30-20-23-5-2-1-3-6-23/h19,23-25,30-31,37-38H,1-18,20-22H2,(H3,29,32,33,34)/t24-,25-. The number of nitrogens with one attached hydrogen (secondary N) is 3. The Bertz CT molecular complexity index is 832. The fourth-order valence-electron chi connectivity index (χ4n) is 6.36. The molecule has 3 fully saturated rings. The van der Waals surface area contributed by atoms with Gasteiger partial charge in [0.1, 0.15) is 11.6 Å². The molecule has 2 heterocycles. The first-order valence-electron chi connectivity index (χ1n) is 15.6. The van der Waals surface area contributed by atoms with Crippen LogP contribution in [-0.2, 0) is 4.52 Å². The lowest BCUT2D eigenvalue weighted by Gasteiger charge is -2.35. The molecule has 12 heteroatoms. The Morgan fingerprint density at radius 2 is 1.48 bits per heavy atom. The monoisotopic (exact) mass is 580 g/mol. The summed E-state index contributed by atoms with van der Waals surface area (Å²) in [5.41, 5.74) is 6.13. The maximum Gasteiger partial charge on any atom is 0.327 e. The van der Waals surface area contributed by atoms with E-state index in [1.807, 2.05) is 6.07 Å². The van der Waals surface area contributed by atoms with Crippen molar-refractivity contribution in [1.29, 1.82) is 0 Å². The summed E-state index contributed by atoms with van der Waals surface area (Å²) in [6, 6.07) is 1.85. The molecule has 0 spiro atoms. The van der Waals surface area contributed by atoms with Crippen molar-refractivity contribution >= 4 is 26.2 Å². The summed E-state index contributed by atoms with van der Waals surface area (Å²) in [5, 5.41) is 10.8. The Balaban J connectivity index is 1.06. The molecule has 40 heavy (non-hydrogen) atoms. The van der Waals surface area contributed by atoms with E-state index in [4.69, 9.17) is 25.0 Å². The SMILES string of the molecule is Nc1cc(N2CCN(CCOP(O)O)CC2)nc(NC[C@H]2CC[C@H](CNCCCNCC3CCCCC3)CC2)n1. The van der Waals surface area contributed by atoms with Gasteiger partial charge in [0.2, 0.25) is 5.95 Å². The van der Waals surface area contributed by atoms with Crippen molar-refractivity contribution in [3.05, 3.63) is 6.07 Å². The molecule has 0 atom stereocenters. The Kier molecular flexibility index (Phi) is 13.9. The average molecular weight is 581 g/mol. The van der Waals surface area contributed by atoms with Crippen LogP contribution >= 0.6 is 8.60 Å². The molecule has 2 saturated carbocycles. The van der Waals surface area contributed by atoms with Gasteiger partial charge in [-0.3, -0.25) is 4.90 Å². The fourth-order valence-corrected chi connectivity index (χ4v) is 6.61. The normalized spacial score (nSPS) is 23.1. The van der Waals surface area contributed by atoms with E-state index in [1.165, 1.54) is 70.8 Å². The third kappa shape index (κ3) is 11.5.